The number of carbonyl (C=O) groups excluding carboxylic acids is 3. The van der Waals surface area contributed by atoms with E-state index < -0.39 is 18.4 Å². The molecule has 1 saturated carbocycles. The van der Waals surface area contributed by atoms with E-state index in [1.807, 2.05) is 0 Å². The number of pyridine rings is 1. The van der Waals surface area contributed by atoms with Crippen molar-refractivity contribution in [2.45, 2.75) is 44.8 Å². The van der Waals surface area contributed by atoms with Crippen molar-refractivity contribution in [3.05, 3.63) is 53.3 Å². The van der Waals surface area contributed by atoms with Crippen LogP contribution in [0.4, 0.5) is 8.78 Å². The predicted molar refractivity (Wildman–Crippen MR) is 125 cm³/mol. The van der Waals surface area contributed by atoms with E-state index in [1.54, 1.807) is 17.0 Å². The van der Waals surface area contributed by atoms with Crippen LogP contribution < -0.4 is 20.5 Å². The number of nitrogens with two attached hydrogens (primary N) is 1. The van der Waals surface area contributed by atoms with Crippen LogP contribution in [-0.4, -0.2) is 60.0 Å². The van der Waals surface area contributed by atoms with Crippen molar-refractivity contribution < 1.29 is 32.6 Å². The minimum absolute atomic E-state index is 0.0190. The van der Waals surface area contributed by atoms with Crippen molar-refractivity contribution in [2.75, 3.05) is 19.7 Å². The molecule has 2 atom stereocenters. The van der Waals surface area contributed by atoms with Crippen molar-refractivity contribution in [1.82, 2.24) is 15.2 Å². The number of hydrogen-bond donors (Lipinski definition) is 2. The van der Waals surface area contributed by atoms with Gasteiger partial charge in [-0.1, -0.05) is 6.07 Å². The number of carbonyl (C=O) groups is 3. The number of amides is 3. The van der Waals surface area contributed by atoms with Crippen molar-refractivity contribution in [3.8, 4) is 11.5 Å². The van der Waals surface area contributed by atoms with Crippen molar-refractivity contribution in [3.63, 3.8) is 0 Å². The van der Waals surface area contributed by atoms with Crippen molar-refractivity contribution >= 4 is 17.7 Å². The van der Waals surface area contributed by atoms with Gasteiger partial charge in [-0.3, -0.25) is 19.4 Å². The molecule has 0 spiro atoms. The van der Waals surface area contributed by atoms with Gasteiger partial charge in [0.2, 0.25) is 11.8 Å². The van der Waals surface area contributed by atoms with E-state index in [4.69, 9.17) is 10.5 Å². The summed E-state index contributed by atoms with van der Waals surface area (Å²) in [5.74, 6) is -0.620. The van der Waals surface area contributed by atoms with Gasteiger partial charge in [-0.2, -0.15) is 8.78 Å². The third-order valence-corrected chi connectivity index (χ3v) is 6.42. The molecule has 1 saturated heterocycles. The van der Waals surface area contributed by atoms with Crippen molar-refractivity contribution in [1.29, 1.82) is 0 Å². The van der Waals surface area contributed by atoms with Crippen LogP contribution in [0.3, 0.4) is 0 Å². The monoisotopic (exact) mass is 502 g/mol. The molecule has 2 fully saturated rings. The minimum Gasteiger partial charge on any atom is -0.489 e. The maximum absolute atomic E-state index is 12.9. The van der Waals surface area contributed by atoms with Crippen molar-refractivity contribution in [2.24, 2.45) is 11.7 Å². The summed E-state index contributed by atoms with van der Waals surface area (Å²) < 4.78 is 36.1. The van der Waals surface area contributed by atoms with Crippen LogP contribution in [0.25, 0.3) is 0 Å². The first-order valence-corrected chi connectivity index (χ1v) is 11.7. The van der Waals surface area contributed by atoms with Crippen LogP contribution in [0, 0.1) is 5.92 Å². The lowest BCUT2D eigenvalue weighted by atomic mass is 9.96. The van der Waals surface area contributed by atoms with E-state index >= 15 is 0 Å². The molecule has 3 N–H and O–H groups in total. The molecule has 2 heterocycles. The van der Waals surface area contributed by atoms with Crippen LogP contribution in [0.1, 0.15) is 58.5 Å². The lowest BCUT2D eigenvalue weighted by molar-refractivity contribution is -0.129. The third-order valence-electron chi connectivity index (χ3n) is 6.42. The molecule has 4 rings (SSSR count). The number of benzene rings is 1. The fourth-order valence-electron chi connectivity index (χ4n) is 4.29. The van der Waals surface area contributed by atoms with Crippen LogP contribution >= 0.6 is 0 Å². The standard InChI is InChI=1S/C25H28F2N4O5/c1-14(32)31-12-18(8-19(31)11-30-24(34)20-6-4-17(10-29-20)23(28)33)16-5-7-21(36-25(26)27)22(9-16)35-13-15-2-3-15/h4-7,9-10,15,18-19,25H,2-3,8,11-13H2,1H3,(H2,28,33)(H,30,34)/t18-,19-/m1/s1. The normalized spacial score (nSPS) is 19.3. The van der Waals surface area contributed by atoms with Gasteiger partial charge in [-0.25, -0.2) is 0 Å². The molecular weight excluding hydrogens is 474 g/mol. The Kier molecular flexibility index (Phi) is 7.66. The van der Waals surface area contributed by atoms with Gasteiger partial charge in [0.05, 0.1) is 12.2 Å². The number of halogens is 2. The number of nitrogens with zero attached hydrogens (tertiary/aromatic N) is 2. The third kappa shape index (κ3) is 6.27. The molecule has 0 bridgehead atoms. The summed E-state index contributed by atoms with van der Waals surface area (Å²) in [6.45, 7) is -0.445. The number of hydrogen-bond acceptors (Lipinski definition) is 6. The van der Waals surface area contributed by atoms with Crippen LogP contribution in [-0.2, 0) is 4.79 Å². The SMILES string of the molecule is CC(=O)N1C[C@H](c2ccc(OC(F)F)c(OCC3CC3)c2)C[C@@H]1CNC(=O)c1ccc(C(N)=O)cn1. The topological polar surface area (TPSA) is 124 Å². The number of likely N-dealkylation sites (tertiary alicyclic amines) is 1. The first kappa shape index (κ1) is 25.3. The molecule has 9 nitrogen and oxygen atoms in total. The Balaban J connectivity index is 1.43. The number of primary amides is 1. The fraction of sp³-hybridized carbons (Fsp3) is 0.440. The molecule has 2 aliphatic rings. The second-order valence-corrected chi connectivity index (χ2v) is 9.10. The molecule has 1 aliphatic heterocycles. The van der Waals surface area contributed by atoms with E-state index in [0.717, 1.165) is 18.4 Å². The molecule has 2 aromatic rings. The van der Waals surface area contributed by atoms with E-state index in [2.05, 4.69) is 15.0 Å². The summed E-state index contributed by atoms with van der Waals surface area (Å²) in [6, 6.07) is 7.43. The molecule has 0 radical (unpaired) electrons. The molecule has 1 aromatic carbocycles. The molecule has 1 aromatic heterocycles. The highest BCUT2D eigenvalue weighted by Crippen LogP contribution is 2.38. The Morgan fingerprint density at radius 1 is 1.19 bits per heavy atom. The average molecular weight is 503 g/mol. The number of rotatable bonds is 10. The quantitative estimate of drug-likeness (QED) is 0.515. The van der Waals surface area contributed by atoms with Gasteiger partial charge in [0.15, 0.2) is 11.5 Å². The molecule has 3 amide bonds. The Morgan fingerprint density at radius 3 is 2.58 bits per heavy atom. The van der Waals surface area contributed by atoms with Crippen LogP contribution in [0.15, 0.2) is 36.5 Å². The highest BCUT2D eigenvalue weighted by Gasteiger charge is 2.35. The first-order valence-electron chi connectivity index (χ1n) is 11.7. The zero-order chi connectivity index (χ0) is 25.8. The zero-order valence-corrected chi connectivity index (χ0v) is 19.8. The molecule has 192 valence electrons. The second-order valence-electron chi connectivity index (χ2n) is 9.10. The van der Waals surface area contributed by atoms with E-state index in [9.17, 15) is 23.2 Å². The fourth-order valence-corrected chi connectivity index (χ4v) is 4.29. The lowest BCUT2D eigenvalue weighted by Gasteiger charge is -2.23. The number of alkyl halides is 2. The van der Waals surface area contributed by atoms with Gasteiger partial charge < -0.3 is 25.4 Å². The first-order chi connectivity index (χ1) is 17.2. The Morgan fingerprint density at radius 2 is 1.97 bits per heavy atom. The highest BCUT2D eigenvalue weighted by molar-refractivity contribution is 5.95. The van der Waals surface area contributed by atoms with Crippen LogP contribution in [0.5, 0.6) is 11.5 Å². The van der Waals surface area contributed by atoms with E-state index in [1.165, 1.54) is 31.3 Å². The summed E-state index contributed by atoms with van der Waals surface area (Å²) >= 11 is 0. The van der Waals surface area contributed by atoms with Gasteiger partial charge in [0.1, 0.15) is 5.69 Å². The van der Waals surface area contributed by atoms with E-state index in [-0.39, 0.29) is 47.2 Å². The summed E-state index contributed by atoms with van der Waals surface area (Å²) in [6.07, 6.45) is 3.90. The van der Waals surface area contributed by atoms with Gasteiger partial charge in [0, 0.05) is 38.2 Å². The lowest BCUT2D eigenvalue weighted by Crippen LogP contribution is -2.42. The maximum atomic E-state index is 12.9. The maximum Gasteiger partial charge on any atom is 0.387 e. The summed E-state index contributed by atoms with van der Waals surface area (Å²) in [7, 11) is 0. The minimum atomic E-state index is -2.96. The predicted octanol–water partition coefficient (Wildman–Crippen LogP) is 2.71. The van der Waals surface area contributed by atoms with Gasteiger partial charge in [0.25, 0.3) is 5.91 Å². The largest absolute Gasteiger partial charge is 0.489 e. The van der Waals surface area contributed by atoms with Gasteiger partial charge in [-0.15, -0.1) is 0 Å². The van der Waals surface area contributed by atoms with E-state index in [0.29, 0.717) is 25.5 Å². The number of nitrogens with one attached hydrogen (secondary N) is 1. The molecule has 1 aliphatic carbocycles. The smallest absolute Gasteiger partial charge is 0.387 e. The Labute approximate surface area is 206 Å². The number of aromatic nitrogens is 1. The summed E-state index contributed by atoms with van der Waals surface area (Å²) in [5, 5.41) is 2.79. The summed E-state index contributed by atoms with van der Waals surface area (Å²) in [4.78, 5) is 41.7. The second kappa shape index (κ2) is 10.9. The molecular formula is C25H28F2N4O5. The molecule has 0 unspecified atom stereocenters. The molecule has 36 heavy (non-hydrogen) atoms. The van der Waals surface area contributed by atoms with Gasteiger partial charge in [-0.05, 0) is 55.0 Å². The average Bonchev–Trinajstić information content (AvgIpc) is 3.58. The molecule has 11 heteroatoms. The summed E-state index contributed by atoms with van der Waals surface area (Å²) in [5.41, 5.74) is 6.35. The Bertz CT molecular complexity index is 1120. The van der Waals surface area contributed by atoms with Crippen LogP contribution in [0.2, 0.25) is 0 Å². The highest BCUT2D eigenvalue weighted by atomic mass is 19.3. The zero-order valence-electron chi connectivity index (χ0n) is 19.8. The number of ether oxygens (including phenoxy) is 2. The Hall–Kier alpha value is -3.76. The van der Waals surface area contributed by atoms with Gasteiger partial charge >= 0.3 is 6.61 Å².